The van der Waals surface area contributed by atoms with Crippen molar-refractivity contribution in [2.75, 3.05) is 19.0 Å². The summed E-state index contributed by atoms with van der Waals surface area (Å²) in [5, 5.41) is 3.23. The Morgan fingerprint density at radius 1 is 1.18 bits per heavy atom. The molecule has 4 aliphatic carbocycles. The molecule has 6 nitrogen and oxygen atoms in total. The molecule has 1 aromatic rings. The van der Waals surface area contributed by atoms with Gasteiger partial charge in [-0.25, -0.2) is 0 Å². The number of ether oxygens (including phenoxy) is 1. The Balaban J connectivity index is 1.25. The van der Waals surface area contributed by atoms with E-state index in [9.17, 15) is 14.4 Å². The molecule has 1 aliphatic heterocycles. The first kappa shape index (κ1) is 17.7. The first-order valence-corrected chi connectivity index (χ1v) is 10.0. The number of hydrogen-bond donors (Lipinski definition) is 1. The van der Waals surface area contributed by atoms with Crippen LogP contribution < -0.4 is 10.1 Å². The summed E-state index contributed by atoms with van der Waals surface area (Å²) in [5.41, 5.74) is 0.468. The third kappa shape index (κ3) is 2.58. The topological polar surface area (TPSA) is 75.7 Å². The van der Waals surface area contributed by atoms with E-state index in [4.69, 9.17) is 16.3 Å². The SMILES string of the molecule is COc1ccc(Cl)cc1NC(=O)CCN1C(=O)[C@@H]2[C@@H]3C=C[C@@H]([C@@H]4C[C@H]34)[C@@H]2C1=O. The fourth-order valence-corrected chi connectivity index (χ4v) is 5.62. The first-order valence-electron chi connectivity index (χ1n) is 9.66. The number of imide groups is 1. The molecular formula is C21H21ClN2O4. The summed E-state index contributed by atoms with van der Waals surface area (Å²) in [6.07, 6.45) is 5.47. The number of halogens is 1. The van der Waals surface area contributed by atoms with Gasteiger partial charge in [-0.2, -0.15) is 0 Å². The Morgan fingerprint density at radius 3 is 2.43 bits per heavy atom. The van der Waals surface area contributed by atoms with Crippen LogP contribution in [0.4, 0.5) is 5.69 Å². The van der Waals surface area contributed by atoms with E-state index in [1.807, 2.05) is 0 Å². The molecule has 6 rings (SSSR count). The van der Waals surface area contributed by atoms with Gasteiger partial charge in [-0.1, -0.05) is 23.8 Å². The highest BCUT2D eigenvalue weighted by molar-refractivity contribution is 6.31. The van der Waals surface area contributed by atoms with Crippen LogP contribution >= 0.6 is 11.6 Å². The number of nitrogens with zero attached hydrogens (tertiary/aromatic N) is 1. The lowest BCUT2D eigenvalue weighted by atomic mass is 9.63. The molecular weight excluding hydrogens is 380 g/mol. The van der Waals surface area contributed by atoms with Crippen LogP contribution in [-0.4, -0.2) is 36.3 Å². The molecule has 6 atom stereocenters. The molecule has 0 spiro atoms. The molecule has 0 aromatic heterocycles. The molecule has 0 radical (unpaired) electrons. The largest absolute Gasteiger partial charge is 0.495 e. The standard InChI is InChI=1S/C21H21ClN2O4/c1-28-16-5-2-10(22)8-15(16)23-17(25)6-7-24-20(26)18-11-3-4-12(14-9-13(11)14)19(18)21(24)27/h2-5,8,11-14,18-19H,6-7,9H2,1H3,(H,23,25)/t11-,12+,13-,14+,18-,19+. The Labute approximate surface area is 167 Å². The summed E-state index contributed by atoms with van der Waals surface area (Å²) in [7, 11) is 1.51. The fraction of sp³-hybridized carbons (Fsp3) is 0.476. The van der Waals surface area contributed by atoms with Gasteiger partial charge in [0.15, 0.2) is 0 Å². The van der Waals surface area contributed by atoms with Crippen LogP contribution in [0.15, 0.2) is 30.4 Å². The average molecular weight is 401 g/mol. The summed E-state index contributed by atoms with van der Waals surface area (Å²) in [4.78, 5) is 39.6. The van der Waals surface area contributed by atoms with Gasteiger partial charge in [0, 0.05) is 18.0 Å². The molecule has 0 unspecified atom stereocenters. The van der Waals surface area contributed by atoms with E-state index in [-0.39, 0.29) is 54.4 Å². The van der Waals surface area contributed by atoms with Crippen LogP contribution in [0.1, 0.15) is 12.8 Å². The second kappa shape index (κ2) is 6.34. The van der Waals surface area contributed by atoms with Crippen molar-refractivity contribution in [3.8, 4) is 5.75 Å². The summed E-state index contributed by atoms with van der Waals surface area (Å²) in [6.45, 7) is 0.105. The normalized spacial score (nSPS) is 34.3. The number of carbonyl (C=O) groups excluding carboxylic acids is 3. The molecule has 5 aliphatic rings. The minimum Gasteiger partial charge on any atom is -0.495 e. The highest BCUT2D eigenvalue weighted by Crippen LogP contribution is 2.65. The average Bonchev–Trinajstić information content (AvgIpc) is 3.46. The van der Waals surface area contributed by atoms with Gasteiger partial charge in [-0.3, -0.25) is 19.3 Å². The number of methoxy groups -OCH3 is 1. The molecule has 3 amide bonds. The lowest BCUT2D eigenvalue weighted by Crippen LogP contribution is -2.40. The zero-order valence-electron chi connectivity index (χ0n) is 15.4. The zero-order valence-corrected chi connectivity index (χ0v) is 16.2. The monoisotopic (exact) mass is 400 g/mol. The van der Waals surface area contributed by atoms with Gasteiger partial charge < -0.3 is 10.1 Å². The van der Waals surface area contributed by atoms with Gasteiger partial charge in [-0.05, 0) is 48.3 Å². The van der Waals surface area contributed by atoms with E-state index in [1.165, 1.54) is 12.0 Å². The molecule has 1 heterocycles. The second-order valence-electron chi connectivity index (χ2n) is 8.13. The number of nitrogens with one attached hydrogen (secondary N) is 1. The molecule has 1 saturated heterocycles. The van der Waals surface area contributed by atoms with E-state index >= 15 is 0 Å². The van der Waals surface area contributed by atoms with E-state index in [0.29, 0.717) is 28.3 Å². The number of allylic oxidation sites excluding steroid dienone is 2. The molecule has 2 saturated carbocycles. The number of hydrogen-bond acceptors (Lipinski definition) is 4. The summed E-state index contributed by atoms with van der Waals surface area (Å²) in [5.74, 6) is 1.11. The van der Waals surface area contributed by atoms with Crippen molar-refractivity contribution in [2.45, 2.75) is 12.8 Å². The van der Waals surface area contributed by atoms with Crippen LogP contribution in [0.2, 0.25) is 5.02 Å². The number of carbonyl (C=O) groups is 3. The third-order valence-corrected chi connectivity index (χ3v) is 6.99. The van der Waals surface area contributed by atoms with Gasteiger partial charge >= 0.3 is 0 Å². The van der Waals surface area contributed by atoms with Gasteiger partial charge in [0.25, 0.3) is 0 Å². The molecule has 1 aromatic carbocycles. The highest BCUT2D eigenvalue weighted by atomic mass is 35.5. The molecule has 1 N–H and O–H groups in total. The molecule has 3 fully saturated rings. The molecule has 28 heavy (non-hydrogen) atoms. The number of rotatable bonds is 5. The summed E-state index contributed by atoms with van der Waals surface area (Å²) in [6, 6.07) is 4.95. The van der Waals surface area contributed by atoms with Crippen molar-refractivity contribution in [3.05, 3.63) is 35.4 Å². The lowest BCUT2D eigenvalue weighted by molar-refractivity contribution is -0.140. The number of benzene rings is 1. The summed E-state index contributed by atoms with van der Waals surface area (Å²) < 4.78 is 5.22. The smallest absolute Gasteiger partial charge is 0.233 e. The Kier molecular flexibility index (Phi) is 4.02. The second-order valence-corrected chi connectivity index (χ2v) is 8.56. The van der Waals surface area contributed by atoms with E-state index < -0.39 is 0 Å². The van der Waals surface area contributed by atoms with Crippen molar-refractivity contribution in [1.29, 1.82) is 0 Å². The quantitative estimate of drug-likeness (QED) is 0.609. The number of amides is 3. The van der Waals surface area contributed by atoms with E-state index in [2.05, 4.69) is 17.5 Å². The minimum atomic E-state index is -0.292. The lowest BCUT2D eigenvalue weighted by Gasteiger charge is -2.37. The Morgan fingerprint density at radius 2 is 1.82 bits per heavy atom. The Bertz CT molecular complexity index is 878. The predicted octanol–water partition coefficient (Wildman–Crippen LogP) is 2.73. The van der Waals surface area contributed by atoms with Gasteiger partial charge in [-0.15, -0.1) is 0 Å². The van der Waals surface area contributed by atoms with Crippen molar-refractivity contribution >= 4 is 35.0 Å². The van der Waals surface area contributed by atoms with Gasteiger partial charge in [0.2, 0.25) is 17.7 Å². The van der Waals surface area contributed by atoms with Crippen molar-refractivity contribution in [1.82, 2.24) is 4.90 Å². The van der Waals surface area contributed by atoms with Crippen LogP contribution in [0.3, 0.4) is 0 Å². The van der Waals surface area contributed by atoms with E-state index in [1.54, 1.807) is 18.2 Å². The maximum absolute atomic E-state index is 12.9. The van der Waals surface area contributed by atoms with Crippen molar-refractivity contribution in [2.24, 2.45) is 35.5 Å². The van der Waals surface area contributed by atoms with Gasteiger partial charge in [0.1, 0.15) is 5.75 Å². The van der Waals surface area contributed by atoms with Crippen LogP contribution in [0.25, 0.3) is 0 Å². The minimum absolute atomic E-state index is 0.0439. The zero-order chi connectivity index (χ0) is 19.6. The number of anilines is 1. The predicted molar refractivity (Wildman–Crippen MR) is 103 cm³/mol. The summed E-state index contributed by atoms with van der Waals surface area (Å²) >= 11 is 5.98. The maximum Gasteiger partial charge on any atom is 0.233 e. The highest BCUT2D eigenvalue weighted by Gasteiger charge is 2.66. The molecule has 7 heteroatoms. The number of likely N-dealkylation sites (tertiary alicyclic amines) is 1. The molecule has 146 valence electrons. The Hall–Kier alpha value is -2.34. The fourth-order valence-electron chi connectivity index (χ4n) is 5.44. The van der Waals surface area contributed by atoms with Crippen LogP contribution in [-0.2, 0) is 14.4 Å². The van der Waals surface area contributed by atoms with Crippen LogP contribution in [0.5, 0.6) is 5.75 Å². The van der Waals surface area contributed by atoms with Crippen molar-refractivity contribution in [3.63, 3.8) is 0 Å². The first-order chi connectivity index (χ1) is 13.5. The van der Waals surface area contributed by atoms with Crippen LogP contribution in [0, 0.1) is 35.5 Å². The van der Waals surface area contributed by atoms with E-state index in [0.717, 1.165) is 6.42 Å². The maximum atomic E-state index is 12.9. The van der Waals surface area contributed by atoms with Crippen molar-refractivity contribution < 1.29 is 19.1 Å². The van der Waals surface area contributed by atoms with Gasteiger partial charge in [0.05, 0.1) is 24.6 Å². The molecule has 2 bridgehead atoms. The third-order valence-electron chi connectivity index (χ3n) is 6.75.